The van der Waals surface area contributed by atoms with Crippen molar-refractivity contribution in [2.75, 3.05) is 17.2 Å². The summed E-state index contributed by atoms with van der Waals surface area (Å²) in [5, 5.41) is 19.0. The summed E-state index contributed by atoms with van der Waals surface area (Å²) in [6.45, 7) is 5.61. The third-order valence-corrected chi connectivity index (χ3v) is 4.37. The van der Waals surface area contributed by atoms with E-state index in [0.29, 0.717) is 24.3 Å². The topological polar surface area (TPSA) is 91.5 Å². The van der Waals surface area contributed by atoms with Crippen LogP contribution in [0.3, 0.4) is 0 Å². The fraction of sp³-hybridized carbons (Fsp3) is 0.500. The first-order valence-electron chi connectivity index (χ1n) is 8.10. The van der Waals surface area contributed by atoms with E-state index in [2.05, 4.69) is 31.8 Å². The zero-order valence-corrected chi connectivity index (χ0v) is 14.5. The highest BCUT2D eigenvalue weighted by molar-refractivity contribution is 5.58. The molecule has 2 atom stereocenters. The molecular weight excluding hydrogens is 347 g/mol. The van der Waals surface area contributed by atoms with E-state index in [-0.39, 0.29) is 17.8 Å². The van der Waals surface area contributed by atoms with E-state index < -0.39 is 17.2 Å². The minimum Gasteiger partial charge on any atom is -0.370 e. The van der Waals surface area contributed by atoms with Crippen molar-refractivity contribution in [1.29, 1.82) is 5.26 Å². The fourth-order valence-electron chi connectivity index (χ4n) is 2.68. The fourth-order valence-corrected chi connectivity index (χ4v) is 2.68. The van der Waals surface area contributed by atoms with Gasteiger partial charge in [-0.1, -0.05) is 0 Å². The van der Waals surface area contributed by atoms with E-state index in [1.54, 1.807) is 24.7 Å². The second-order valence-corrected chi connectivity index (χ2v) is 6.47. The molecule has 0 spiro atoms. The number of rotatable bonds is 5. The van der Waals surface area contributed by atoms with Crippen LogP contribution in [-0.2, 0) is 6.18 Å². The van der Waals surface area contributed by atoms with E-state index in [0.717, 1.165) is 6.20 Å². The molecule has 2 aromatic heterocycles. The Hall–Kier alpha value is -2.83. The lowest BCUT2D eigenvalue weighted by Crippen LogP contribution is -2.14. The maximum Gasteiger partial charge on any atom is 0.421 e. The van der Waals surface area contributed by atoms with Crippen molar-refractivity contribution in [3.63, 3.8) is 0 Å². The standard InChI is InChI=1S/C16H18F3N7/c1-4-21-13-10(16(17,18)19)6-22-14(24-13)23-11-7-26(25-9(11)2)12-5-15(12,3)8-20/h6-7,12H,4-5H2,1-3H3,(H2,21,22,23,24)/t12-,15?/m0/s1. The van der Waals surface area contributed by atoms with Gasteiger partial charge in [-0.25, -0.2) is 4.98 Å². The molecule has 26 heavy (non-hydrogen) atoms. The second kappa shape index (κ2) is 6.16. The van der Waals surface area contributed by atoms with Gasteiger partial charge in [0.2, 0.25) is 5.95 Å². The van der Waals surface area contributed by atoms with Gasteiger partial charge in [0, 0.05) is 18.9 Å². The molecule has 1 unspecified atom stereocenters. The summed E-state index contributed by atoms with van der Waals surface area (Å²) in [6.07, 6.45) is -1.35. The van der Waals surface area contributed by atoms with Gasteiger partial charge in [-0.15, -0.1) is 0 Å². The maximum atomic E-state index is 13.0. The molecule has 2 heterocycles. The summed E-state index contributed by atoms with van der Waals surface area (Å²) < 4.78 is 40.8. The van der Waals surface area contributed by atoms with Crippen molar-refractivity contribution in [2.45, 2.75) is 39.4 Å². The normalized spacial score (nSPS) is 22.0. The van der Waals surface area contributed by atoms with Gasteiger partial charge in [-0.2, -0.15) is 28.5 Å². The highest BCUT2D eigenvalue weighted by Gasteiger charge is 2.53. The maximum absolute atomic E-state index is 13.0. The quantitative estimate of drug-likeness (QED) is 0.840. The second-order valence-electron chi connectivity index (χ2n) is 6.47. The average Bonchev–Trinajstić information content (AvgIpc) is 3.12. The van der Waals surface area contributed by atoms with Crippen LogP contribution in [0.1, 0.15) is 37.6 Å². The molecular formula is C16H18F3N7. The zero-order valence-electron chi connectivity index (χ0n) is 14.5. The molecule has 138 valence electrons. The highest BCUT2D eigenvalue weighted by Crippen LogP contribution is 2.55. The zero-order chi connectivity index (χ0) is 19.1. The number of nitrogens with one attached hydrogen (secondary N) is 2. The Morgan fingerprint density at radius 3 is 2.77 bits per heavy atom. The van der Waals surface area contributed by atoms with Gasteiger partial charge in [-0.05, 0) is 27.2 Å². The summed E-state index contributed by atoms with van der Waals surface area (Å²) in [5.41, 5.74) is -0.121. The minimum atomic E-state index is -4.54. The van der Waals surface area contributed by atoms with E-state index >= 15 is 0 Å². The summed E-state index contributed by atoms with van der Waals surface area (Å²) >= 11 is 0. The molecule has 1 fully saturated rings. The lowest BCUT2D eigenvalue weighted by Gasteiger charge is -2.13. The summed E-state index contributed by atoms with van der Waals surface area (Å²) in [4.78, 5) is 7.70. The third-order valence-electron chi connectivity index (χ3n) is 4.37. The molecule has 2 N–H and O–H groups in total. The van der Waals surface area contributed by atoms with Crippen LogP contribution in [0, 0.1) is 23.7 Å². The molecule has 0 saturated heterocycles. The molecule has 0 bridgehead atoms. The lowest BCUT2D eigenvalue weighted by atomic mass is 10.2. The minimum absolute atomic E-state index is 0.00686. The third kappa shape index (κ3) is 3.29. The Balaban J connectivity index is 1.85. The monoisotopic (exact) mass is 365 g/mol. The molecule has 7 nitrogen and oxygen atoms in total. The van der Waals surface area contributed by atoms with Crippen LogP contribution in [0.2, 0.25) is 0 Å². The highest BCUT2D eigenvalue weighted by atomic mass is 19.4. The number of anilines is 3. The van der Waals surface area contributed by atoms with Crippen LogP contribution in [0.4, 0.5) is 30.6 Å². The number of hydrogen-bond acceptors (Lipinski definition) is 6. The molecule has 1 saturated carbocycles. The molecule has 0 aromatic carbocycles. The molecule has 3 rings (SSSR count). The van der Waals surface area contributed by atoms with Crippen molar-refractivity contribution in [2.24, 2.45) is 5.41 Å². The Kier molecular flexibility index (Phi) is 4.26. The van der Waals surface area contributed by atoms with Crippen molar-refractivity contribution in [3.05, 3.63) is 23.7 Å². The average molecular weight is 365 g/mol. The van der Waals surface area contributed by atoms with Gasteiger partial charge in [0.05, 0.1) is 28.9 Å². The van der Waals surface area contributed by atoms with Gasteiger partial charge in [0.15, 0.2) is 0 Å². The van der Waals surface area contributed by atoms with Crippen LogP contribution in [-0.4, -0.2) is 26.3 Å². The first-order valence-corrected chi connectivity index (χ1v) is 8.10. The van der Waals surface area contributed by atoms with E-state index in [4.69, 9.17) is 5.26 Å². The van der Waals surface area contributed by atoms with Gasteiger partial charge in [0.1, 0.15) is 11.4 Å². The number of aryl methyl sites for hydroxylation is 1. The Morgan fingerprint density at radius 2 is 2.19 bits per heavy atom. The van der Waals surface area contributed by atoms with E-state index in [1.807, 2.05) is 6.92 Å². The molecule has 1 aliphatic rings. The number of nitriles is 1. The van der Waals surface area contributed by atoms with Crippen LogP contribution in [0.5, 0.6) is 0 Å². The van der Waals surface area contributed by atoms with Crippen molar-refractivity contribution < 1.29 is 13.2 Å². The Morgan fingerprint density at radius 1 is 1.46 bits per heavy atom. The van der Waals surface area contributed by atoms with Crippen molar-refractivity contribution in [1.82, 2.24) is 19.7 Å². The molecule has 10 heteroatoms. The largest absolute Gasteiger partial charge is 0.421 e. The summed E-state index contributed by atoms with van der Waals surface area (Å²) in [7, 11) is 0. The first kappa shape index (κ1) is 18.0. The first-order chi connectivity index (χ1) is 12.2. The summed E-state index contributed by atoms with van der Waals surface area (Å²) in [5.74, 6) is -0.239. The van der Waals surface area contributed by atoms with Crippen LogP contribution >= 0.6 is 0 Å². The molecule has 0 radical (unpaired) electrons. The SMILES string of the molecule is CCNc1nc(Nc2cn([C@H]3CC3(C)C#N)nc2C)ncc1C(F)(F)F. The molecule has 2 aromatic rings. The predicted octanol–water partition coefficient (Wildman–Crippen LogP) is 3.65. The molecule has 0 amide bonds. The van der Waals surface area contributed by atoms with E-state index in [9.17, 15) is 13.2 Å². The van der Waals surface area contributed by atoms with Crippen molar-refractivity contribution in [3.8, 4) is 6.07 Å². The predicted molar refractivity (Wildman–Crippen MR) is 88.8 cm³/mol. The lowest BCUT2D eigenvalue weighted by molar-refractivity contribution is -0.137. The van der Waals surface area contributed by atoms with E-state index in [1.165, 1.54) is 0 Å². The number of halogens is 3. The van der Waals surface area contributed by atoms with Crippen LogP contribution in [0.25, 0.3) is 0 Å². The van der Waals surface area contributed by atoms with Crippen LogP contribution < -0.4 is 10.6 Å². The van der Waals surface area contributed by atoms with Crippen LogP contribution in [0.15, 0.2) is 12.4 Å². The molecule has 0 aliphatic heterocycles. The van der Waals surface area contributed by atoms with Gasteiger partial charge in [-0.3, -0.25) is 4.68 Å². The van der Waals surface area contributed by atoms with Gasteiger partial charge < -0.3 is 10.6 Å². The number of hydrogen-bond donors (Lipinski definition) is 2. The number of nitrogens with zero attached hydrogens (tertiary/aromatic N) is 5. The molecule has 1 aliphatic carbocycles. The number of aromatic nitrogens is 4. The van der Waals surface area contributed by atoms with Gasteiger partial charge in [0.25, 0.3) is 0 Å². The summed E-state index contributed by atoms with van der Waals surface area (Å²) in [6, 6.07) is 2.26. The Labute approximate surface area is 148 Å². The van der Waals surface area contributed by atoms with Gasteiger partial charge >= 0.3 is 6.18 Å². The number of alkyl halides is 3. The smallest absolute Gasteiger partial charge is 0.370 e. The van der Waals surface area contributed by atoms with Crippen molar-refractivity contribution >= 4 is 17.5 Å². The Bertz CT molecular complexity index is 868.